The molecule has 2 heterocycles. The molecule has 5 rings (SSSR count). The molecule has 5 nitrogen and oxygen atoms in total. The van der Waals surface area contributed by atoms with Crippen molar-refractivity contribution in [2.24, 2.45) is 0 Å². The molecule has 0 aliphatic carbocycles. The van der Waals surface area contributed by atoms with Gasteiger partial charge in [0.05, 0.1) is 5.75 Å². The minimum Gasteiger partial charge on any atom is -0.411 e. The Morgan fingerprint density at radius 1 is 0.971 bits per heavy atom. The van der Waals surface area contributed by atoms with E-state index in [0.717, 1.165) is 23.2 Å². The van der Waals surface area contributed by atoms with Crippen LogP contribution in [0.4, 0.5) is 5.69 Å². The zero-order chi connectivity index (χ0) is 24.6. The van der Waals surface area contributed by atoms with Gasteiger partial charge in [0.15, 0.2) is 0 Å². The molecular weight excluding hydrogens is 478 g/mol. The number of benzene rings is 3. The highest BCUT2D eigenvalue weighted by Crippen LogP contribution is 2.50. The molecule has 1 atom stereocenters. The Kier molecular flexibility index (Phi) is 6.20. The zero-order valence-corrected chi connectivity index (χ0v) is 21.4. The summed E-state index contributed by atoms with van der Waals surface area (Å²) in [7, 11) is 0. The van der Waals surface area contributed by atoms with Gasteiger partial charge in [0.2, 0.25) is 11.8 Å². The van der Waals surface area contributed by atoms with Crippen LogP contribution in [0.25, 0.3) is 11.5 Å². The average molecular weight is 504 g/mol. The summed E-state index contributed by atoms with van der Waals surface area (Å²) in [5.41, 5.74) is 3.43. The number of para-hydroxylation sites is 1. The van der Waals surface area contributed by atoms with Gasteiger partial charge in [-0.05, 0) is 61.7 Å². The molecule has 1 aliphatic heterocycles. The van der Waals surface area contributed by atoms with Crippen molar-refractivity contribution in [2.75, 3.05) is 10.7 Å². The summed E-state index contributed by atoms with van der Waals surface area (Å²) in [5.74, 6) is 0.652. The van der Waals surface area contributed by atoms with Crippen LogP contribution in [0.2, 0.25) is 5.02 Å². The lowest BCUT2D eigenvalue weighted by Gasteiger charge is -2.51. The lowest BCUT2D eigenvalue weighted by atomic mass is 9.65. The van der Waals surface area contributed by atoms with Crippen LogP contribution in [-0.4, -0.2) is 27.4 Å². The van der Waals surface area contributed by atoms with Crippen LogP contribution in [0.15, 0.2) is 88.5 Å². The van der Waals surface area contributed by atoms with Crippen molar-refractivity contribution in [3.63, 3.8) is 0 Å². The maximum atomic E-state index is 13.6. The van der Waals surface area contributed by atoms with Gasteiger partial charge in [0, 0.05) is 27.2 Å². The molecule has 0 saturated heterocycles. The zero-order valence-electron chi connectivity index (χ0n) is 19.9. The molecule has 1 aromatic heterocycles. The van der Waals surface area contributed by atoms with Crippen LogP contribution in [0.5, 0.6) is 0 Å². The summed E-state index contributed by atoms with van der Waals surface area (Å²) in [6.07, 6.45) is 0.772. The number of aromatic nitrogens is 2. The Balaban J connectivity index is 1.41. The van der Waals surface area contributed by atoms with E-state index in [4.69, 9.17) is 16.0 Å². The number of nitrogens with zero attached hydrogens (tertiary/aromatic N) is 3. The molecular formula is C28H26ClN3O2S. The van der Waals surface area contributed by atoms with Crippen LogP contribution >= 0.6 is 23.4 Å². The van der Waals surface area contributed by atoms with Gasteiger partial charge in [-0.2, -0.15) is 0 Å². The van der Waals surface area contributed by atoms with Crippen molar-refractivity contribution in [3.05, 3.63) is 95.0 Å². The van der Waals surface area contributed by atoms with Gasteiger partial charge >= 0.3 is 0 Å². The number of carbonyl (C=O) groups excluding carboxylic acids is 1. The molecule has 3 aromatic carbocycles. The van der Waals surface area contributed by atoms with E-state index in [1.165, 1.54) is 17.3 Å². The highest BCUT2D eigenvalue weighted by Gasteiger charge is 2.47. The number of rotatable bonds is 5. The Morgan fingerprint density at radius 3 is 2.40 bits per heavy atom. The molecule has 0 fully saturated rings. The van der Waals surface area contributed by atoms with Gasteiger partial charge < -0.3 is 9.32 Å². The molecule has 4 aromatic rings. The topological polar surface area (TPSA) is 59.2 Å². The number of anilines is 1. The fourth-order valence-electron chi connectivity index (χ4n) is 5.20. The van der Waals surface area contributed by atoms with Crippen LogP contribution in [0.1, 0.15) is 38.3 Å². The second-order valence-corrected chi connectivity index (χ2v) is 11.0. The van der Waals surface area contributed by atoms with E-state index in [0.29, 0.717) is 16.1 Å². The summed E-state index contributed by atoms with van der Waals surface area (Å²) in [6.45, 7) is 6.50. The Bertz CT molecular complexity index is 1350. The largest absolute Gasteiger partial charge is 0.411 e. The lowest BCUT2D eigenvalue weighted by molar-refractivity contribution is -0.117. The molecule has 35 heavy (non-hydrogen) atoms. The van der Waals surface area contributed by atoms with E-state index >= 15 is 0 Å². The smallest absolute Gasteiger partial charge is 0.277 e. The van der Waals surface area contributed by atoms with Gasteiger partial charge in [-0.3, -0.25) is 4.79 Å². The summed E-state index contributed by atoms with van der Waals surface area (Å²) >= 11 is 7.43. The number of hydrogen-bond donors (Lipinski definition) is 0. The fraction of sp³-hybridized carbons (Fsp3) is 0.250. The van der Waals surface area contributed by atoms with Gasteiger partial charge in [0.1, 0.15) is 0 Å². The molecule has 1 amide bonds. The minimum absolute atomic E-state index is 0.00469. The summed E-state index contributed by atoms with van der Waals surface area (Å²) in [6, 6.07) is 25.8. The first kappa shape index (κ1) is 23.6. The first-order valence-electron chi connectivity index (χ1n) is 11.5. The SMILES string of the molecule is CC1(c2ccc(Cl)cc2)CC(C)(C)N(C(=O)CSc2nnc(-c3ccccc3)o2)c2ccccc21. The Labute approximate surface area is 214 Å². The molecule has 1 unspecified atom stereocenters. The maximum absolute atomic E-state index is 13.6. The van der Waals surface area contributed by atoms with Crippen molar-refractivity contribution in [1.82, 2.24) is 10.2 Å². The van der Waals surface area contributed by atoms with Crippen molar-refractivity contribution < 1.29 is 9.21 Å². The number of fused-ring (bicyclic) bond motifs is 1. The molecule has 0 bridgehead atoms. The number of amides is 1. The molecule has 1 aliphatic rings. The van der Waals surface area contributed by atoms with Gasteiger partial charge in [0.25, 0.3) is 5.22 Å². The van der Waals surface area contributed by atoms with E-state index in [2.05, 4.69) is 49.2 Å². The third-order valence-electron chi connectivity index (χ3n) is 6.61. The summed E-state index contributed by atoms with van der Waals surface area (Å²) in [5, 5.41) is 9.35. The number of hydrogen-bond acceptors (Lipinski definition) is 5. The molecule has 0 radical (unpaired) electrons. The first-order valence-corrected chi connectivity index (χ1v) is 12.8. The standard InChI is InChI=1S/C28H26ClN3O2S/c1-27(2)18-28(3,20-13-15-21(29)16-14-20)22-11-7-8-12-23(22)32(27)24(33)17-35-26-31-30-25(34-26)19-9-5-4-6-10-19/h4-16H,17-18H2,1-3H3. The fourth-order valence-corrected chi connectivity index (χ4v) is 5.94. The normalized spacial score (nSPS) is 18.8. The highest BCUT2D eigenvalue weighted by atomic mass is 35.5. The minimum atomic E-state index is -0.412. The second kappa shape index (κ2) is 9.17. The predicted octanol–water partition coefficient (Wildman–Crippen LogP) is 7.00. The van der Waals surface area contributed by atoms with Gasteiger partial charge in [-0.1, -0.05) is 78.8 Å². The molecule has 178 valence electrons. The molecule has 0 saturated carbocycles. The molecule has 0 N–H and O–H groups in total. The van der Waals surface area contributed by atoms with E-state index in [-0.39, 0.29) is 17.1 Å². The monoisotopic (exact) mass is 503 g/mol. The van der Waals surface area contributed by atoms with Crippen molar-refractivity contribution in [2.45, 2.75) is 43.4 Å². The van der Waals surface area contributed by atoms with Crippen LogP contribution in [-0.2, 0) is 10.2 Å². The van der Waals surface area contributed by atoms with E-state index in [1.807, 2.05) is 65.6 Å². The summed E-state index contributed by atoms with van der Waals surface area (Å²) < 4.78 is 5.79. The quantitative estimate of drug-likeness (QED) is 0.274. The third kappa shape index (κ3) is 4.48. The lowest BCUT2D eigenvalue weighted by Crippen LogP contribution is -2.56. The van der Waals surface area contributed by atoms with Crippen LogP contribution < -0.4 is 4.90 Å². The van der Waals surface area contributed by atoms with E-state index in [1.54, 1.807) is 0 Å². The van der Waals surface area contributed by atoms with Crippen LogP contribution in [0, 0.1) is 0 Å². The second-order valence-electron chi connectivity index (χ2n) is 9.60. The molecule has 7 heteroatoms. The van der Waals surface area contributed by atoms with Crippen molar-refractivity contribution in [1.29, 1.82) is 0 Å². The van der Waals surface area contributed by atoms with E-state index < -0.39 is 5.54 Å². The average Bonchev–Trinajstić information content (AvgIpc) is 3.32. The van der Waals surface area contributed by atoms with E-state index in [9.17, 15) is 4.79 Å². The predicted molar refractivity (Wildman–Crippen MR) is 141 cm³/mol. The Morgan fingerprint density at radius 2 is 1.66 bits per heavy atom. The maximum Gasteiger partial charge on any atom is 0.277 e. The highest BCUT2D eigenvalue weighted by molar-refractivity contribution is 7.99. The van der Waals surface area contributed by atoms with Crippen LogP contribution in [0.3, 0.4) is 0 Å². The number of halogens is 1. The Hall–Kier alpha value is -3.09. The third-order valence-corrected chi connectivity index (χ3v) is 7.66. The number of thioether (sulfide) groups is 1. The summed E-state index contributed by atoms with van der Waals surface area (Å²) in [4.78, 5) is 15.5. The van der Waals surface area contributed by atoms with Crippen molar-refractivity contribution >= 4 is 35.0 Å². The van der Waals surface area contributed by atoms with Gasteiger partial charge in [-0.15, -0.1) is 10.2 Å². The van der Waals surface area contributed by atoms with Gasteiger partial charge in [-0.25, -0.2) is 0 Å². The first-order chi connectivity index (χ1) is 16.8. The van der Waals surface area contributed by atoms with Crippen molar-refractivity contribution in [3.8, 4) is 11.5 Å². The molecule has 0 spiro atoms. The number of carbonyl (C=O) groups is 1.